The summed E-state index contributed by atoms with van der Waals surface area (Å²) in [5.41, 5.74) is 1.30. The Hall–Kier alpha value is -2.09. The van der Waals surface area contributed by atoms with E-state index >= 15 is 0 Å². The van der Waals surface area contributed by atoms with Crippen molar-refractivity contribution < 1.29 is 26.6 Å². The monoisotopic (exact) mass is 320 g/mol. The molecule has 0 bridgehead atoms. The second-order valence-corrected chi connectivity index (χ2v) is 4.17. The predicted molar refractivity (Wildman–Crippen MR) is 80.5 cm³/mol. The van der Waals surface area contributed by atoms with Gasteiger partial charge in [-0.15, -0.1) is 11.6 Å². The predicted octanol–water partition coefficient (Wildman–Crippen LogP) is 4.05. The fourth-order valence-electron chi connectivity index (χ4n) is 1.83. The van der Waals surface area contributed by atoms with Gasteiger partial charge < -0.3 is 9.53 Å². The van der Waals surface area contributed by atoms with E-state index in [0.717, 1.165) is 0 Å². The molecule has 0 aromatic heterocycles. The molecule has 0 aliphatic rings. The minimum atomic E-state index is -0.00236. The van der Waals surface area contributed by atoms with Gasteiger partial charge in [-0.1, -0.05) is 18.2 Å². The molecule has 3 aromatic carbocycles. The summed E-state index contributed by atoms with van der Waals surface area (Å²) in [5, 5.41) is 0. The van der Waals surface area contributed by atoms with Crippen LogP contribution >= 0.6 is 0 Å². The van der Waals surface area contributed by atoms with E-state index in [1.807, 2.05) is 54.6 Å². The molecule has 0 radical (unpaired) electrons. The van der Waals surface area contributed by atoms with Crippen molar-refractivity contribution in [2.75, 3.05) is 7.11 Å². The van der Waals surface area contributed by atoms with Gasteiger partial charge in [0.15, 0.2) is 0 Å². The van der Waals surface area contributed by atoms with Crippen molar-refractivity contribution in [1.82, 2.24) is 0 Å². The Labute approximate surface area is 135 Å². The van der Waals surface area contributed by atoms with Gasteiger partial charge in [-0.2, -0.15) is 36.4 Å². The quantitative estimate of drug-likeness (QED) is 0.413. The van der Waals surface area contributed by atoms with Gasteiger partial charge in [-0.05, 0) is 6.07 Å². The number of hydrogen-bond acceptors (Lipinski definition) is 2. The fourth-order valence-corrected chi connectivity index (χ4v) is 1.83. The zero-order valence-electron chi connectivity index (χ0n) is 11.7. The molecule has 0 fully saturated rings. The summed E-state index contributed by atoms with van der Waals surface area (Å²) in [5.74, 6) is 0.612. The molecule has 0 aliphatic carbocycles. The van der Waals surface area contributed by atoms with Crippen molar-refractivity contribution in [2.45, 2.75) is 0 Å². The molecule has 0 atom stereocenters. The SMILES string of the molecule is COc1ccccc1C(=O)c1ccc[cH-]1.[Fe+2].c1cc[cH-]c1. The molecule has 21 heavy (non-hydrogen) atoms. The molecule has 3 heteroatoms. The van der Waals surface area contributed by atoms with Crippen LogP contribution in [0.2, 0.25) is 0 Å². The third-order valence-electron chi connectivity index (χ3n) is 2.83. The first kappa shape index (κ1) is 17.0. The maximum atomic E-state index is 12.0. The average Bonchev–Trinajstić information content (AvgIpc) is 3.21. The first-order valence-electron chi connectivity index (χ1n) is 6.39. The van der Waals surface area contributed by atoms with Crippen LogP contribution in [0.1, 0.15) is 15.9 Å². The van der Waals surface area contributed by atoms with E-state index in [0.29, 0.717) is 16.9 Å². The van der Waals surface area contributed by atoms with Gasteiger partial charge in [0.1, 0.15) is 11.5 Å². The van der Waals surface area contributed by atoms with Crippen molar-refractivity contribution in [3.8, 4) is 5.75 Å². The van der Waals surface area contributed by atoms with Crippen molar-refractivity contribution in [3.05, 3.63) is 90.0 Å². The van der Waals surface area contributed by atoms with Crippen molar-refractivity contribution >= 4 is 5.78 Å². The molecule has 0 saturated heterocycles. The largest absolute Gasteiger partial charge is 2.00 e. The summed E-state index contributed by atoms with van der Waals surface area (Å²) in [6.07, 6.45) is 0. The van der Waals surface area contributed by atoms with E-state index in [1.54, 1.807) is 31.4 Å². The van der Waals surface area contributed by atoms with Gasteiger partial charge in [-0.3, -0.25) is 0 Å². The Kier molecular flexibility index (Phi) is 7.24. The van der Waals surface area contributed by atoms with Crippen molar-refractivity contribution in [1.29, 1.82) is 0 Å². The average molecular weight is 320 g/mol. The number of carbonyl (C=O) groups excluding carboxylic acids is 1. The summed E-state index contributed by atoms with van der Waals surface area (Å²) < 4.78 is 5.14. The normalized spacial score (nSPS) is 9.00. The van der Waals surface area contributed by atoms with Gasteiger partial charge in [0, 0.05) is 5.56 Å². The van der Waals surface area contributed by atoms with Crippen LogP contribution in [0.4, 0.5) is 0 Å². The molecule has 0 aliphatic heterocycles. The van der Waals surface area contributed by atoms with Crippen LogP contribution in [-0.4, -0.2) is 12.9 Å². The third-order valence-corrected chi connectivity index (χ3v) is 2.83. The fraction of sp³-hybridized carbons (Fsp3) is 0.0556. The maximum absolute atomic E-state index is 12.0. The third kappa shape index (κ3) is 4.74. The van der Waals surface area contributed by atoms with E-state index < -0.39 is 0 Å². The number of ether oxygens (including phenoxy) is 1. The number of methoxy groups -OCH3 is 1. The summed E-state index contributed by atoms with van der Waals surface area (Å²) >= 11 is 0. The number of ketones is 1. The molecule has 2 nitrogen and oxygen atoms in total. The molecule has 0 spiro atoms. The van der Waals surface area contributed by atoms with Gasteiger partial charge in [0.25, 0.3) is 0 Å². The molecular weight excluding hydrogens is 304 g/mol. The molecule has 3 aromatic rings. The number of rotatable bonds is 3. The van der Waals surface area contributed by atoms with Gasteiger partial charge in [0.2, 0.25) is 0 Å². The maximum Gasteiger partial charge on any atom is 2.00 e. The van der Waals surface area contributed by atoms with Crippen LogP contribution in [0.3, 0.4) is 0 Å². The Balaban J connectivity index is 0.000000313. The van der Waals surface area contributed by atoms with E-state index in [1.165, 1.54) is 0 Å². The summed E-state index contributed by atoms with van der Waals surface area (Å²) in [6.45, 7) is 0. The second kappa shape index (κ2) is 8.96. The molecule has 0 N–H and O–H groups in total. The number of carbonyl (C=O) groups is 1. The summed E-state index contributed by atoms with van der Waals surface area (Å²) in [7, 11) is 1.57. The number of benzene rings is 1. The first-order valence-corrected chi connectivity index (χ1v) is 6.39. The molecule has 0 saturated carbocycles. The van der Waals surface area contributed by atoms with E-state index in [4.69, 9.17) is 4.74 Å². The Bertz CT molecular complexity index is 608. The Morgan fingerprint density at radius 3 is 2.19 bits per heavy atom. The number of hydrogen-bond donors (Lipinski definition) is 0. The van der Waals surface area contributed by atoms with E-state index in [-0.39, 0.29) is 22.9 Å². The summed E-state index contributed by atoms with van der Waals surface area (Å²) in [6, 6.07) is 24.5. The molecule has 0 heterocycles. The van der Waals surface area contributed by atoms with Crippen molar-refractivity contribution in [3.63, 3.8) is 0 Å². The molecule has 3 rings (SSSR count). The van der Waals surface area contributed by atoms with Crippen LogP contribution in [-0.2, 0) is 17.1 Å². The summed E-state index contributed by atoms with van der Waals surface area (Å²) in [4.78, 5) is 12.0. The van der Waals surface area contributed by atoms with Gasteiger partial charge >= 0.3 is 17.1 Å². The minimum Gasteiger partial charge on any atom is -0.497 e. The van der Waals surface area contributed by atoms with E-state index in [9.17, 15) is 4.79 Å². The topological polar surface area (TPSA) is 26.3 Å². The van der Waals surface area contributed by atoms with E-state index in [2.05, 4.69) is 0 Å². The smallest absolute Gasteiger partial charge is 0.497 e. The first-order chi connectivity index (χ1) is 9.83. The molecule has 0 unspecified atom stereocenters. The van der Waals surface area contributed by atoms with Crippen LogP contribution in [0.5, 0.6) is 5.75 Å². The van der Waals surface area contributed by atoms with Crippen LogP contribution in [0.25, 0.3) is 0 Å². The Morgan fingerprint density at radius 1 is 0.952 bits per heavy atom. The Morgan fingerprint density at radius 2 is 1.67 bits per heavy atom. The second-order valence-electron chi connectivity index (χ2n) is 4.17. The standard InChI is InChI=1S/C13H11O2.C5H5.Fe/c1-15-12-9-5-4-8-11(12)13(14)10-6-2-3-7-10;1-2-4-5-3-1;/h2-9H,1H3;1-5H;/q2*-1;+2. The zero-order valence-corrected chi connectivity index (χ0v) is 12.8. The molecule has 0 amide bonds. The van der Waals surface area contributed by atoms with Crippen LogP contribution in [0.15, 0.2) is 78.9 Å². The van der Waals surface area contributed by atoms with Gasteiger partial charge in [0.05, 0.1) is 7.11 Å². The minimum absolute atomic E-state index is 0. The molecule has 108 valence electrons. The van der Waals surface area contributed by atoms with Crippen molar-refractivity contribution in [2.24, 2.45) is 0 Å². The van der Waals surface area contributed by atoms with Crippen LogP contribution in [0, 0.1) is 0 Å². The zero-order chi connectivity index (χ0) is 14.2. The molecular formula is C18H16FeO2. The van der Waals surface area contributed by atoms with Gasteiger partial charge in [-0.25, -0.2) is 12.1 Å². The van der Waals surface area contributed by atoms with Crippen LogP contribution < -0.4 is 4.74 Å². The number of para-hydroxylation sites is 1.